The maximum atomic E-state index is 12.5. The van der Waals surface area contributed by atoms with Crippen molar-refractivity contribution in [2.45, 2.75) is 39.7 Å². The van der Waals surface area contributed by atoms with E-state index in [1.165, 1.54) is 0 Å². The highest BCUT2D eigenvalue weighted by molar-refractivity contribution is 5.92. The minimum Gasteiger partial charge on any atom is -0.493 e. The molecule has 0 spiro atoms. The molecule has 0 aliphatic carbocycles. The second kappa shape index (κ2) is 11.5. The molecule has 0 bridgehead atoms. The summed E-state index contributed by atoms with van der Waals surface area (Å²) >= 11 is 0. The van der Waals surface area contributed by atoms with Gasteiger partial charge in [-0.3, -0.25) is 9.69 Å². The van der Waals surface area contributed by atoms with Crippen LogP contribution in [0.2, 0.25) is 0 Å². The summed E-state index contributed by atoms with van der Waals surface area (Å²) in [6.45, 7) is 9.64. The lowest BCUT2D eigenvalue weighted by Gasteiger charge is -2.37. The smallest absolute Gasteiger partial charge is 0.246 e. The van der Waals surface area contributed by atoms with Gasteiger partial charge in [0.15, 0.2) is 11.5 Å². The molecule has 1 saturated heterocycles. The lowest BCUT2D eigenvalue weighted by atomic mass is 10.0. The molecule has 1 aliphatic rings. The Morgan fingerprint density at radius 3 is 2.55 bits per heavy atom. The van der Waals surface area contributed by atoms with Gasteiger partial charge in [0.1, 0.15) is 6.04 Å². The molecule has 29 heavy (non-hydrogen) atoms. The average Bonchev–Trinajstić information content (AvgIpc) is 2.73. The number of hydrogen-bond donors (Lipinski definition) is 0. The zero-order valence-electron chi connectivity index (χ0n) is 18.1. The van der Waals surface area contributed by atoms with E-state index in [4.69, 9.17) is 9.47 Å². The van der Waals surface area contributed by atoms with Gasteiger partial charge in [0.2, 0.25) is 5.91 Å². The van der Waals surface area contributed by atoms with E-state index in [-0.39, 0.29) is 17.9 Å². The number of methoxy groups -OCH3 is 1. The first-order valence-electron chi connectivity index (χ1n) is 10.4. The van der Waals surface area contributed by atoms with Crippen molar-refractivity contribution in [3.63, 3.8) is 0 Å². The number of ether oxygens (including phenoxy) is 2. The number of hydrogen-bond acceptors (Lipinski definition) is 5. The van der Waals surface area contributed by atoms with Crippen molar-refractivity contribution in [1.82, 2.24) is 9.80 Å². The fraction of sp³-hybridized carbons (Fsp3) is 0.565. The lowest BCUT2D eigenvalue weighted by Crippen LogP contribution is -2.52. The second-order valence-corrected chi connectivity index (χ2v) is 7.62. The van der Waals surface area contributed by atoms with Gasteiger partial charge in [0.25, 0.3) is 0 Å². The van der Waals surface area contributed by atoms with Gasteiger partial charge in [-0.2, -0.15) is 5.26 Å². The summed E-state index contributed by atoms with van der Waals surface area (Å²) in [5, 5.41) is 9.35. The largest absolute Gasteiger partial charge is 0.493 e. The van der Waals surface area contributed by atoms with E-state index < -0.39 is 0 Å². The fourth-order valence-corrected chi connectivity index (χ4v) is 3.38. The van der Waals surface area contributed by atoms with Gasteiger partial charge < -0.3 is 14.4 Å². The van der Waals surface area contributed by atoms with Gasteiger partial charge in [-0.05, 0) is 36.1 Å². The van der Waals surface area contributed by atoms with Gasteiger partial charge >= 0.3 is 0 Å². The van der Waals surface area contributed by atoms with E-state index in [0.717, 1.165) is 37.2 Å². The van der Waals surface area contributed by atoms with Crippen molar-refractivity contribution in [3.05, 3.63) is 29.8 Å². The van der Waals surface area contributed by atoms with E-state index in [9.17, 15) is 10.1 Å². The van der Waals surface area contributed by atoms with Crippen LogP contribution in [0.15, 0.2) is 24.3 Å². The highest BCUT2D eigenvalue weighted by Gasteiger charge is 2.26. The Hall–Kier alpha value is -2.52. The number of nitriles is 1. The van der Waals surface area contributed by atoms with Crippen molar-refractivity contribution < 1.29 is 14.3 Å². The molecule has 2 rings (SSSR count). The maximum Gasteiger partial charge on any atom is 0.246 e. The summed E-state index contributed by atoms with van der Waals surface area (Å²) in [6, 6.07) is 7.97. The summed E-state index contributed by atoms with van der Waals surface area (Å²) in [4.78, 5) is 16.5. The van der Waals surface area contributed by atoms with Crippen LogP contribution in [-0.4, -0.2) is 61.6 Å². The number of amides is 1. The average molecular weight is 400 g/mol. The fourth-order valence-electron chi connectivity index (χ4n) is 3.38. The van der Waals surface area contributed by atoms with Crippen molar-refractivity contribution in [2.75, 3.05) is 39.9 Å². The van der Waals surface area contributed by atoms with Crippen LogP contribution in [0.25, 0.3) is 6.08 Å². The molecular weight excluding hydrogens is 366 g/mol. The van der Waals surface area contributed by atoms with Crippen LogP contribution in [-0.2, 0) is 4.79 Å². The molecule has 6 nitrogen and oxygen atoms in total. The van der Waals surface area contributed by atoms with Crippen LogP contribution >= 0.6 is 0 Å². The number of carbonyl (C=O) groups is 1. The summed E-state index contributed by atoms with van der Waals surface area (Å²) in [5.41, 5.74) is 0.890. The van der Waals surface area contributed by atoms with Crippen LogP contribution in [0.5, 0.6) is 11.5 Å². The molecule has 0 saturated carbocycles. The molecule has 1 aromatic carbocycles. The molecule has 0 aromatic heterocycles. The first-order chi connectivity index (χ1) is 14.0. The monoisotopic (exact) mass is 399 g/mol. The van der Waals surface area contributed by atoms with E-state index >= 15 is 0 Å². The minimum absolute atomic E-state index is 0.00931. The van der Waals surface area contributed by atoms with Crippen molar-refractivity contribution >= 4 is 12.0 Å². The summed E-state index contributed by atoms with van der Waals surface area (Å²) in [6.07, 6.45) is 5.48. The Bertz CT molecular complexity index is 731. The zero-order chi connectivity index (χ0) is 21.2. The normalized spacial score (nSPS) is 16.1. The molecule has 0 N–H and O–H groups in total. The summed E-state index contributed by atoms with van der Waals surface area (Å²) < 4.78 is 11.2. The third-order valence-corrected chi connectivity index (χ3v) is 5.14. The molecule has 1 heterocycles. The molecule has 1 aliphatic heterocycles. The van der Waals surface area contributed by atoms with Crippen LogP contribution in [0.1, 0.15) is 39.2 Å². The SMILES string of the molecule is CCCCOc1ccc(/C=C/C(=O)N2CCN(C(C#N)C(C)C)CC2)cc1OC. The molecule has 1 amide bonds. The number of unbranched alkanes of at least 4 members (excludes halogenated alkanes) is 1. The Kier molecular flexibility index (Phi) is 9.01. The van der Waals surface area contributed by atoms with E-state index in [0.29, 0.717) is 25.4 Å². The van der Waals surface area contributed by atoms with Crippen molar-refractivity contribution in [2.24, 2.45) is 5.92 Å². The quantitative estimate of drug-likeness (QED) is 0.469. The van der Waals surface area contributed by atoms with Crippen LogP contribution in [0, 0.1) is 17.2 Å². The predicted octanol–water partition coefficient (Wildman–Crippen LogP) is 3.58. The molecule has 1 fully saturated rings. The van der Waals surface area contributed by atoms with Crippen LogP contribution < -0.4 is 9.47 Å². The Morgan fingerprint density at radius 1 is 1.24 bits per heavy atom. The van der Waals surface area contributed by atoms with E-state index in [2.05, 4.69) is 31.7 Å². The minimum atomic E-state index is -0.0895. The second-order valence-electron chi connectivity index (χ2n) is 7.62. The number of rotatable bonds is 9. The molecule has 1 atom stereocenters. The first kappa shape index (κ1) is 22.8. The number of benzene rings is 1. The van der Waals surface area contributed by atoms with Crippen molar-refractivity contribution in [1.29, 1.82) is 5.26 Å². The van der Waals surface area contributed by atoms with Crippen LogP contribution in [0.4, 0.5) is 0 Å². The third kappa shape index (κ3) is 6.50. The highest BCUT2D eigenvalue weighted by Crippen LogP contribution is 2.28. The Balaban J connectivity index is 1.93. The highest BCUT2D eigenvalue weighted by atomic mass is 16.5. The Labute approximate surface area is 174 Å². The van der Waals surface area contributed by atoms with Gasteiger partial charge in [0.05, 0.1) is 19.8 Å². The standard InChI is InChI=1S/C23H33N3O3/c1-5-6-15-29-21-9-7-19(16-22(21)28-4)8-10-23(27)26-13-11-25(12-14-26)20(17-24)18(2)3/h7-10,16,18,20H,5-6,11-15H2,1-4H3/b10-8+. The number of piperazine rings is 1. The number of nitrogens with zero attached hydrogens (tertiary/aromatic N) is 3. The van der Waals surface area contributed by atoms with Gasteiger partial charge in [-0.1, -0.05) is 33.3 Å². The van der Waals surface area contributed by atoms with E-state index in [1.807, 2.05) is 23.1 Å². The summed E-state index contributed by atoms with van der Waals surface area (Å²) in [7, 11) is 1.62. The third-order valence-electron chi connectivity index (χ3n) is 5.14. The first-order valence-corrected chi connectivity index (χ1v) is 10.4. The molecule has 1 aromatic rings. The molecule has 158 valence electrons. The molecular formula is C23H33N3O3. The van der Waals surface area contributed by atoms with Gasteiger partial charge in [-0.15, -0.1) is 0 Å². The Morgan fingerprint density at radius 2 is 1.97 bits per heavy atom. The van der Waals surface area contributed by atoms with Crippen LogP contribution in [0.3, 0.4) is 0 Å². The molecule has 0 radical (unpaired) electrons. The predicted molar refractivity (Wildman–Crippen MR) is 115 cm³/mol. The zero-order valence-corrected chi connectivity index (χ0v) is 18.1. The topological polar surface area (TPSA) is 65.8 Å². The summed E-state index contributed by atoms with van der Waals surface area (Å²) in [5.74, 6) is 1.66. The molecule has 6 heteroatoms. The van der Waals surface area contributed by atoms with E-state index in [1.54, 1.807) is 19.3 Å². The molecule has 1 unspecified atom stereocenters. The maximum absolute atomic E-state index is 12.5. The lowest BCUT2D eigenvalue weighted by molar-refractivity contribution is -0.127. The number of carbonyl (C=O) groups excluding carboxylic acids is 1. The van der Waals surface area contributed by atoms with Gasteiger partial charge in [-0.25, -0.2) is 0 Å². The van der Waals surface area contributed by atoms with Gasteiger partial charge in [0, 0.05) is 32.3 Å². The van der Waals surface area contributed by atoms with Crippen molar-refractivity contribution in [3.8, 4) is 17.6 Å².